The van der Waals surface area contributed by atoms with E-state index in [1.807, 2.05) is 13.8 Å². The quantitative estimate of drug-likeness (QED) is 0.750. The monoisotopic (exact) mass is 213 g/mol. The summed E-state index contributed by atoms with van der Waals surface area (Å²) >= 11 is 1.67. The van der Waals surface area contributed by atoms with Crippen LogP contribution in [0, 0.1) is 13.8 Å². The molecule has 0 radical (unpaired) electrons. The molecule has 0 N–H and O–H groups in total. The van der Waals surface area contributed by atoms with Crippen molar-refractivity contribution in [3.05, 3.63) is 15.6 Å². The third-order valence-corrected chi connectivity index (χ3v) is 3.13. The van der Waals surface area contributed by atoms with Crippen LogP contribution in [0.4, 0.5) is 0 Å². The van der Waals surface area contributed by atoms with Crippen molar-refractivity contribution < 1.29 is 9.53 Å². The van der Waals surface area contributed by atoms with Crippen LogP contribution in [0.3, 0.4) is 0 Å². The van der Waals surface area contributed by atoms with Crippen molar-refractivity contribution in [1.82, 2.24) is 4.98 Å². The molecule has 0 spiro atoms. The van der Waals surface area contributed by atoms with E-state index in [2.05, 4.69) is 4.98 Å². The summed E-state index contributed by atoms with van der Waals surface area (Å²) in [5.41, 5.74) is 1.07. The minimum Gasteiger partial charge on any atom is -0.377 e. The minimum absolute atomic E-state index is 0.137. The van der Waals surface area contributed by atoms with Crippen molar-refractivity contribution in [1.29, 1.82) is 0 Å². The van der Waals surface area contributed by atoms with Crippen LogP contribution in [-0.2, 0) is 16.0 Å². The number of carbonyl (C=O) groups is 1. The molecule has 0 aliphatic carbocycles. The van der Waals surface area contributed by atoms with Gasteiger partial charge in [0.15, 0.2) is 5.78 Å². The molecule has 0 saturated carbocycles. The van der Waals surface area contributed by atoms with Crippen LogP contribution < -0.4 is 0 Å². The largest absolute Gasteiger partial charge is 0.377 e. The van der Waals surface area contributed by atoms with Crippen molar-refractivity contribution in [2.75, 3.05) is 13.7 Å². The van der Waals surface area contributed by atoms with Gasteiger partial charge >= 0.3 is 0 Å². The fraction of sp³-hybridized carbons (Fsp3) is 0.600. The van der Waals surface area contributed by atoms with Crippen molar-refractivity contribution in [3.63, 3.8) is 0 Å². The Bertz CT molecular complexity index is 300. The van der Waals surface area contributed by atoms with Gasteiger partial charge in [-0.3, -0.25) is 4.79 Å². The van der Waals surface area contributed by atoms with E-state index >= 15 is 0 Å². The highest BCUT2D eigenvalue weighted by atomic mass is 32.1. The number of ether oxygens (including phenoxy) is 1. The van der Waals surface area contributed by atoms with Gasteiger partial charge in [0.1, 0.15) is 6.61 Å². The number of methoxy groups -OCH3 is 1. The lowest BCUT2D eigenvalue weighted by Gasteiger charge is -1.96. The minimum atomic E-state index is 0.137. The summed E-state index contributed by atoms with van der Waals surface area (Å²) in [4.78, 5) is 16.8. The lowest BCUT2D eigenvalue weighted by atomic mass is 10.2. The Morgan fingerprint density at radius 2 is 2.21 bits per heavy atom. The Morgan fingerprint density at radius 3 is 2.71 bits per heavy atom. The van der Waals surface area contributed by atoms with E-state index in [9.17, 15) is 4.79 Å². The van der Waals surface area contributed by atoms with Gasteiger partial charge < -0.3 is 4.74 Å². The topological polar surface area (TPSA) is 39.2 Å². The number of aromatic nitrogens is 1. The van der Waals surface area contributed by atoms with Gasteiger partial charge in [0.25, 0.3) is 0 Å². The fourth-order valence-corrected chi connectivity index (χ4v) is 2.06. The Labute approximate surface area is 88.1 Å². The molecule has 14 heavy (non-hydrogen) atoms. The molecule has 0 bridgehead atoms. The maximum absolute atomic E-state index is 11.2. The van der Waals surface area contributed by atoms with E-state index in [1.165, 1.54) is 12.0 Å². The number of Topliss-reactive ketones (excluding diaryl/α,β-unsaturated/α-hetero) is 1. The van der Waals surface area contributed by atoms with Gasteiger partial charge in [-0.15, -0.1) is 11.3 Å². The van der Waals surface area contributed by atoms with E-state index in [1.54, 1.807) is 11.3 Å². The molecule has 0 aromatic carbocycles. The standard InChI is InChI=1S/C10H15NO2S/c1-7-8(2)14-10(11-7)5-4-9(12)6-13-3/h4-6H2,1-3H3. The first-order valence-corrected chi connectivity index (χ1v) is 5.38. The summed E-state index contributed by atoms with van der Waals surface area (Å²) in [6.07, 6.45) is 1.27. The summed E-state index contributed by atoms with van der Waals surface area (Å²) in [5.74, 6) is 0.137. The van der Waals surface area contributed by atoms with Gasteiger partial charge in [-0.05, 0) is 13.8 Å². The zero-order valence-corrected chi connectivity index (χ0v) is 9.61. The molecule has 0 saturated heterocycles. The first-order chi connectivity index (χ1) is 6.63. The number of rotatable bonds is 5. The highest BCUT2D eigenvalue weighted by Crippen LogP contribution is 2.17. The summed E-state index contributed by atoms with van der Waals surface area (Å²) in [7, 11) is 1.54. The molecule has 0 aliphatic heterocycles. The van der Waals surface area contributed by atoms with Crippen LogP contribution in [0.5, 0.6) is 0 Å². The molecule has 1 heterocycles. The number of ketones is 1. The zero-order chi connectivity index (χ0) is 10.6. The SMILES string of the molecule is COCC(=O)CCc1nc(C)c(C)s1. The third-order valence-electron chi connectivity index (χ3n) is 2.00. The van der Waals surface area contributed by atoms with Crippen molar-refractivity contribution >= 4 is 17.1 Å². The normalized spacial score (nSPS) is 10.5. The molecule has 4 heteroatoms. The van der Waals surface area contributed by atoms with E-state index in [0.29, 0.717) is 6.42 Å². The van der Waals surface area contributed by atoms with Gasteiger partial charge in [-0.25, -0.2) is 4.98 Å². The number of nitrogens with zero attached hydrogens (tertiary/aromatic N) is 1. The average Bonchev–Trinajstić information content (AvgIpc) is 2.44. The smallest absolute Gasteiger partial charge is 0.158 e. The fourth-order valence-electron chi connectivity index (χ4n) is 1.13. The van der Waals surface area contributed by atoms with Crippen molar-refractivity contribution in [3.8, 4) is 0 Å². The molecule has 0 amide bonds. The summed E-state index contributed by atoms with van der Waals surface area (Å²) in [6, 6.07) is 0. The summed E-state index contributed by atoms with van der Waals surface area (Å²) in [6.45, 7) is 4.25. The van der Waals surface area contributed by atoms with Gasteiger partial charge in [0.05, 0.1) is 10.7 Å². The molecule has 0 fully saturated rings. The first-order valence-electron chi connectivity index (χ1n) is 4.57. The number of aryl methyl sites for hydroxylation is 3. The van der Waals surface area contributed by atoms with Crippen LogP contribution in [0.15, 0.2) is 0 Å². The molecular weight excluding hydrogens is 198 g/mol. The van der Waals surface area contributed by atoms with E-state index in [-0.39, 0.29) is 12.4 Å². The number of hydrogen-bond donors (Lipinski definition) is 0. The molecule has 1 rings (SSSR count). The van der Waals surface area contributed by atoms with Gasteiger partial charge in [0, 0.05) is 24.8 Å². The van der Waals surface area contributed by atoms with Gasteiger partial charge in [-0.2, -0.15) is 0 Å². The lowest BCUT2D eigenvalue weighted by molar-refractivity contribution is -0.122. The van der Waals surface area contributed by atoms with Crippen molar-refractivity contribution in [2.24, 2.45) is 0 Å². The van der Waals surface area contributed by atoms with E-state index in [4.69, 9.17) is 4.74 Å². The highest BCUT2D eigenvalue weighted by molar-refractivity contribution is 7.11. The van der Waals surface area contributed by atoms with Crippen LogP contribution in [-0.4, -0.2) is 24.5 Å². The highest BCUT2D eigenvalue weighted by Gasteiger charge is 2.06. The second-order valence-corrected chi connectivity index (χ2v) is 4.51. The Kier molecular flexibility index (Phi) is 4.22. The van der Waals surface area contributed by atoms with Gasteiger partial charge in [0.2, 0.25) is 0 Å². The van der Waals surface area contributed by atoms with E-state index in [0.717, 1.165) is 17.1 Å². The predicted molar refractivity (Wildman–Crippen MR) is 56.8 cm³/mol. The zero-order valence-electron chi connectivity index (χ0n) is 8.79. The second kappa shape index (κ2) is 5.22. The predicted octanol–water partition coefficient (Wildman–Crippen LogP) is 1.91. The number of thiazole rings is 1. The second-order valence-electron chi connectivity index (χ2n) is 3.22. The molecule has 3 nitrogen and oxygen atoms in total. The lowest BCUT2D eigenvalue weighted by Crippen LogP contribution is -2.07. The van der Waals surface area contributed by atoms with Crippen molar-refractivity contribution in [2.45, 2.75) is 26.7 Å². The molecule has 0 atom stereocenters. The Morgan fingerprint density at radius 1 is 1.50 bits per heavy atom. The number of hydrogen-bond acceptors (Lipinski definition) is 4. The van der Waals surface area contributed by atoms with Crippen LogP contribution in [0.2, 0.25) is 0 Å². The van der Waals surface area contributed by atoms with Crippen LogP contribution in [0.25, 0.3) is 0 Å². The maximum Gasteiger partial charge on any atom is 0.158 e. The van der Waals surface area contributed by atoms with Gasteiger partial charge in [-0.1, -0.05) is 0 Å². The maximum atomic E-state index is 11.2. The molecule has 1 aromatic rings. The Balaban J connectivity index is 2.42. The molecular formula is C10H15NO2S. The first kappa shape index (κ1) is 11.3. The number of carbonyl (C=O) groups excluding carboxylic acids is 1. The molecule has 78 valence electrons. The third kappa shape index (κ3) is 3.20. The molecule has 1 aromatic heterocycles. The summed E-state index contributed by atoms with van der Waals surface area (Å²) < 4.78 is 4.75. The van der Waals surface area contributed by atoms with E-state index < -0.39 is 0 Å². The molecule has 0 aliphatic rings. The molecule has 0 unspecified atom stereocenters. The summed E-state index contributed by atoms with van der Waals surface area (Å²) in [5, 5.41) is 1.05. The average molecular weight is 213 g/mol. The van der Waals surface area contributed by atoms with Crippen LogP contribution in [0.1, 0.15) is 22.0 Å². The Hall–Kier alpha value is -0.740. The van der Waals surface area contributed by atoms with Crippen LogP contribution >= 0.6 is 11.3 Å².